The second kappa shape index (κ2) is 4.32. The summed E-state index contributed by atoms with van der Waals surface area (Å²) < 4.78 is 0. The van der Waals surface area contributed by atoms with Crippen molar-refractivity contribution in [1.82, 2.24) is 5.32 Å². The highest BCUT2D eigenvalue weighted by Gasteiger charge is 2.19. The maximum atomic E-state index is 4.66. The van der Waals surface area contributed by atoms with E-state index >= 15 is 0 Å². The molecule has 1 saturated carbocycles. The highest BCUT2D eigenvalue weighted by Crippen LogP contribution is 2.28. The van der Waals surface area contributed by atoms with Crippen molar-refractivity contribution >= 4 is 11.9 Å². The first-order chi connectivity index (χ1) is 7.95. The first-order valence-corrected chi connectivity index (χ1v) is 6.45. The van der Waals surface area contributed by atoms with Crippen LogP contribution in [-0.4, -0.2) is 0 Å². The molecule has 2 aliphatic rings. The molecule has 0 amide bonds. The van der Waals surface area contributed by atoms with Gasteiger partial charge in [0.05, 0.1) is 5.70 Å². The fraction of sp³-hybridized carbons (Fsp3) is 0.467. The zero-order valence-electron chi connectivity index (χ0n) is 9.65. The summed E-state index contributed by atoms with van der Waals surface area (Å²) in [7, 11) is 0. The lowest BCUT2D eigenvalue weighted by Crippen LogP contribution is -2.24. The minimum Gasteiger partial charge on any atom is -0.260 e. The summed E-state index contributed by atoms with van der Waals surface area (Å²) >= 11 is 0. The first kappa shape index (κ1) is 9.95. The van der Waals surface area contributed by atoms with Gasteiger partial charge in [0.1, 0.15) is 0 Å². The molecule has 0 N–H and O–H groups in total. The molecule has 16 heavy (non-hydrogen) atoms. The van der Waals surface area contributed by atoms with E-state index in [2.05, 4.69) is 29.6 Å². The summed E-state index contributed by atoms with van der Waals surface area (Å²) in [4.78, 5) is 0. The van der Waals surface area contributed by atoms with Gasteiger partial charge in [-0.05, 0) is 12.8 Å². The van der Waals surface area contributed by atoms with Gasteiger partial charge in [0.15, 0.2) is 0 Å². The molecule has 1 aliphatic carbocycles. The van der Waals surface area contributed by atoms with Crippen molar-refractivity contribution in [2.45, 2.75) is 38.5 Å². The predicted molar refractivity (Wildman–Crippen MR) is 66.9 cm³/mol. The molecule has 3 rings (SSSR count). The summed E-state index contributed by atoms with van der Waals surface area (Å²) in [6.45, 7) is 0. The minimum absolute atomic E-state index is 0.711. The monoisotopic (exact) mass is 212 g/mol. The van der Waals surface area contributed by atoms with Crippen molar-refractivity contribution in [2.24, 2.45) is 5.92 Å². The normalized spacial score (nSPS) is 20.9. The third kappa shape index (κ3) is 1.75. The average Bonchev–Trinajstić information content (AvgIpc) is 2.57. The van der Waals surface area contributed by atoms with E-state index in [0.29, 0.717) is 5.92 Å². The Morgan fingerprint density at radius 3 is 2.50 bits per heavy atom. The number of benzene rings is 1. The molecule has 1 aromatic carbocycles. The molecular formula is C15H18N. The van der Waals surface area contributed by atoms with E-state index in [9.17, 15) is 0 Å². The van der Waals surface area contributed by atoms with Crippen LogP contribution in [0.1, 0.15) is 38.5 Å². The maximum absolute atomic E-state index is 4.66. The molecule has 0 spiro atoms. The van der Waals surface area contributed by atoms with Crippen LogP contribution < -0.4 is 15.8 Å². The Hall–Kier alpha value is -1.24. The zero-order valence-corrected chi connectivity index (χ0v) is 9.65. The summed E-state index contributed by atoms with van der Waals surface area (Å²) in [6, 6.07) is 8.62. The summed E-state index contributed by atoms with van der Waals surface area (Å²) in [5.41, 5.74) is 1.36. The lowest BCUT2D eigenvalue weighted by Gasteiger charge is -2.14. The van der Waals surface area contributed by atoms with Crippen LogP contribution in [-0.2, 0) is 0 Å². The minimum atomic E-state index is 0.711. The Morgan fingerprint density at radius 2 is 1.69 bits per heavy atom. The van der Waals surface area contributed by atoms with Gasteiger partial charge in [0.2, 0.25) is 0 Å². The van der Waals surface area contributed by atoms with Crippen molar-refractivity contribution in [2.75, 3.05) is 0 Å². The van der Waals surface area contributed by atoms with Gasteiger partial charge in [0.25, 0.3) is 0 Å². The summed E-state index contributed by atoms with van der Waals surface area (Å²) in [5.74, 6) is 0.711. The lowest BCUT2D eigenvalue weighted by molar-refractivity contribution is 0.559. The van der Waals surface area contributed by atoms with E-state index in [-0.39, 0.29) is 0 Å². The van der Waals surface area contributed by atoms with Gasteiger partial charge in [-0.3, -0.25) is 5.32 Å². The number of rotatable bonds is 1. The molecule has 0 aromatic heterocycles. The topological polar surface area (TPSA) is 14.1 Å². The first-order valence-electron chi connectivity index (χ1n) is 6.45. The van der Waals surface area contributed by atoms with Crippen molar-refractivity contribution < 1.29 is 0 Å². The molecule has 1 aromatic rings. The van der Waals surface area contributed by atoms with Crippen LogP contribution in [0.5, 0.6) is 0 Å². The summed E-state index contributed by atoms with van der Waals surface area (Å²) in [6.07, 6.45) is 10.3. The zero-order chi connectivity index (χ0) is 10.8. The van der Waals surface area contributed by atoms with Crippen LogP contribution in [0.15, 0.2) is 24.3 Å². The molecule has 1 heteroatoms. The van der Waals surface area contributed by atoms with E-state index < -0.39 is 0 Å². The molecule has 1 fully saturated rings. The third-order valence-electron chi connectivity index (χ3n) is 3.82. The molecule has 1 nitrogen and oxygen atoms in total. The van der Waals surface area contributed by atoms with Crippen LogP contribution in [0, 0.1) is 5.92 Å². The maximum Gasteiger partial charge on any atom is 0.0513 e. The smallest absolute Gasteiger partial charge is 0.0513 e. The second-order valence-electron chi connectivity index (χ2n) is 4.92. The van der Waals surface area contributed by atoms with Gasteiger partial charge in [-0.15, -0.1) is 0 Å². The van der Waals surface area contributed by atoms with E-state index in [4.69, 9.17) is 0 Å². The number of nitrogens with zero attached hydrogens (tertiary/aromatic N) is 1. The predicted octanol–water partition coefficient (Wildman–Crippen LogP) is 2.12. The van der Waals surface area contributed by atoms with Gasteiger partial charge in [-0.1, -0.05) is 49.9 Å². The van der Waals surface area contributed by atoms with Crippen LogP contribution >= 0.6 is 0 Å². The van der Waals surface area contributed by atoms with E-state index in [0.717, 1.165) is 0 Å². The number of fused-ring (bicyclic) bond motifs is 1. The molecule has 1 heterocycles. The SMILES string of the molecule is C1=c2ccccc2=C(C2CCCCCC2)[N]1. The second-order valence-corrected chi connectivity index (χ2v) is 4.92. The Kier molecular flexibility index (Phi) is 2.69. The van der Waals surface area contributed by atoms with Gasteiger partial charge in [-0.2, -0.15) is 0 Å². The van der Waals surface area contributed by atoms with Gasteiger partial charge in [-0.25, -0.2) is 0 Å². The number of hydrogen-bond acceptors (Lipinski definition) is 0. The van der Waals surface area contributed by atoms with E-state index in [1.54, 1.807) is 0 Å². The van der Waals surface area contributed by atoms with Gasteiger partial charge < -0.3 is 0 Å². The quantitative estimate of drug-likeness (QED) is 0.633. The van der Waals surface area contributed by atoms with Crippen molar-refractivity contribution in [3.8, 4) is 0 Å². The molecule has 0 saturated heterocycles. The Bertz CT molecular complexity index is 478. The van der Waals surface area contributed by atoms with Crippen molar-refractivity contribution in [3.63, 3.8) is 0 Å². The number of hydrogen-bond donors (Lipinski definition) is 0. The molecule has 0 unspecified atom stereocenters. The molecule has 83 valence electrons. The molecule has 1 radical (unpaired) electrons. The standard InChI is InChI=1S/C15H18N/c1-2-4-8-12(7-3-1)15-14-10-6-5-9-13(14)11-16-15/h5-6,9-12H,1-4,7-8H2. The van der Waals surface area contributed by atoms with E-state index in [1.165, 1.54) is 54.7 Å². The highest BCUT2D eigenvalue weighted by molar-refractivity contribution is 5.56. The van der Waals surface area contributed by atoms with Crippen LogP contribution in [0.25, 0.3) is 11.9 Å². The van der Waals surface area contributed by atoms with Crippen LogP contribution in [0.4, 0.5) is 0 Å². The van der Waals surface area contributed by atoms with Gasteiger partial charge >= 0.3 is 0 Å². The Labute approximate surface area is 96.9 Å². The highest BCUT2D eigenvalue weighted by atomic mass is 14.9. The molecule has 1 aliphatic heterocycles. The molecular weight excluding hydrogens is 194 g/mol. The molecule has 0 atom stereocenters. The fourth-order valence-electron chi connectivity index (χ4n) is 2.93. The van der Waals surface area contributed by atoms with Crippen LogP contribution in [0.2, 0.25) is 0 Å². The Morgan fingerprint density at radius 1 is 0.938 bits per heavy atom. The lowest BCUT2D eigenvalue weighted by atomic mass is 9.95. The molecule has 0 bridgehead atoms. The Balaban J connectivity index is 1.99. The van der Waals surface area contributed by atoms with Crippen LogP contribution in [0.3, 0.4) is 0 Å². The average molecular weight is 212 g/mol. The van der Waals surface area contributed by atoms with Crippen molar-refractivity contribution in [3.05, 3.63) is 34.7 Å². The third-order valence-corrected chi connectivity index (χ3v) is 3.82. The van der Waals surface area contributed by atoms with Gasteiger partial charge in [0, 0.05) is 22.6 Å². The largest absolute Gasteiger partial charge is 0.260 e. The van der Waals surface area contributed by atoms with E-state index in [1.807, 2.05) is 6.20 Å². The van der Waals surface area contributed by atoms with Crippen molar-refractivity contribution in [1.29, 1.82) is 0 Å². The summed E-state index contributed by atoms with van der Waals surface area (Å²) in [5, 5.41) is 7.35. The fourth-order valence-corrected chi connectivity index (χ4v) is 2.93.